The van der Waals surface area contributed by atoms with Gasteiger partial charge in [-0.1, -0.05) is 48.5 Å². The normalized spacial score (nSPS) is 13.0. The van der Waals surface area contributed by atoms with Crippen LogP contribution in [0.1, 0.15) is 11.1 Å². The van der Waals surface area contributed by atoms with Gasteiger partial charge in [-0.15, -0.1) is 6.58 Å². The summed E-state index contributed by atoms with van der Waals surface area (Å²) in [5.41, 5.74) is 3.37. The predicted molar refractivity (Wildman–Crippen MR) is 91.1 cm³/mol. The van der Waals surface area contributed by atoms with Crippen LogP contribution < -0.4 is 5.48 Å². The molecular formula is C19H21NO4. The molecule has 0 radical (unpaired) electrons. The first-order chi connectivity index (χ1) is 11.6. The minimum Gasteiger partial charge on any atom is -0.508 e. The molecule has 5 nitrogen and oxygen atoms in total. The number of carbonyl (C=O) groups is 1. The number of benzene rings is 2. The van der Waals surface area contributed by atoms with Gasteiger partial charge >= 0.3 is 5.97 Å². The van der Waals surface area contributed by atoms with Crippen LogP contribution in [0.2, 0.25) is 0 Å². The summed E-state index contributed by atoms with van der Waals surface area (Å²) in [6.45, 7) is 4.04. The Balaban J connectivity index is 2.11. The molecule has 5 heteroatoms. The third-order valence-electron chi connectivity index (χ3n) is 3.65. The van der Waals surface area contributed by atoms with Crippen molar-refractivity contribution in [3.05, 3.63) is 78.4 Å². The van der Waals surface area contributed by atoms with E-state index in [9.17, 15) is 9.90 Å². The van der Waals surface area contributed by atoms with E-state index in [2.05, 4.69) is 12.1 Å². The number of phenols is 1. The van der Waals surface area contributed by atoms with Crippen molar-refractivity contribution in [3.8, 4) is 5.75 Å². The van der Waals surface area contributed by atoms with E-state index in [-0.39, 0.29) is 12.2 Å². The molecule has 0 saturated carbocycles. The van der Waals surface area contributed by atoms with Crippen LogP contribution in [-0.2, 0) is 27.4 Å². The topological polar surface area (TPSA) is 67.8 Å². The summed E-state index contributed by atoms with van der Waals surface area (Å²) in [6.07, 6.45) is 1.74. The smallest absolute Gasteiger partial charge is 0.332 e. The van der Waals surface area contributed by atoms with Crippen LogP contribution in [0.15, 0.2) is 67.3 Å². The Bertz CT molecular complexity index is 670. The van der Waals surface area contributed by atoms with Gasteiger partial charge in [0.15, 0.2) is 5.54 Å². The van der Waals surface area contributed by atoms with Crippen molar-refractivity contribution in [1.29, 1.82) is 0 Å². The zero-order valence-corrected chi connectivity index (χ0v) is 13.6. The first-order valence-electron chi connectivity index (χ1n) is 7.52. The van der Waals surface area contributed by atoms with Crippen molar-refractivity contribution in [2.45, 2.75) is 18.6 Å². The molecule has 0 aliphatic rings. The molecule has 1 atom stereocenters. The monoisotopic (exact) mass is 327 g/mol. The highest BCUT2D eigenvalue weighted by molar-refractivity contribution is 5.83. The van der Waals surface area contributed by atoms with Gasteiger partial charge in [0.25, 0.3) is 0 Å². The molecule has 0 heterocycles. The van der Waals surface area contributed by atoms with E-state index in [1.807, 2.05) is 30.3 Å². The fraction of sp³-hybridized carbons (Fsp3) is 0.211. The third-order valence-corrected chi connectivity index (χ3v) is 3.65. The van der Waals surface area contributed by atoms with E-state index in [1.165, 1.54) is 13.2 Å². The molecule has 2 aromatic rings. The molecule has 0 spiro atoms. The maximum absolute atomic E-state index is 12.3. The Labute approximate surface area is 141 Å². The number of carbonyl (C=O) groups excluding carboxylic acids is 1. The summed E-state index contributed by atoms with van der Waals surface area (Å²) < 4.78 is 4.90. The first-order valence-corrected chi connectivity index (χ1v) is 7.52. The number of esters is 1. The average molecular weight is 327 g/mol. The molecule has 1 unspecified atom stereocenters. The second kappa shape index (κ2) is 8.29. The average Bonchev–Trinajstić information content (AvgIpc) is 2.63. The molecule has 0 fully saturated rings. The lowest BCUT2D eigenvalue weighted by atomic mass is 9.91. The molecule has 2 aromatic carbocycles. The second-order valence-electron chi connectivity index (χ2n) is 5.39. The first kappa shape index (κ1) is 17.7. The molecule has 0 amide bonds. The van der Waals surface area contributed by atoms with Crippen LogP contribution in [0.25, 0.3) is 0 Å². The number of phenolic OH excluding ortho intramolecular Hbond substituents is 1. The summed E-state index contributed by atoms with van der Waals surface area (Å²) >= 11 is 0. The molecule has 0 aromatic heterocycles. The van der Waals surface area contributed by atoms with Crippen LogP contribution in [0.4, 0.5) is 0 Å². The molecule has 2 rings (SSSR count). The van der Waals surface area contributed by atoms with Crippen LogP contribution in [-0.4, -0.2) is 23.7 Å². The van der Waals surface area contributed by atoms with E-state index in [0.717, 1.165) is 11.1 Å². The third kappa shape index (κ3) is 4.44. The Morgan fingerprint density at radius 1 is 1.17 bits per heavy atom. The molecule has 0 bridgehead atoms. The van der Waals surface area contributed by atoms with E-state index in [0.29, 0.717) is 6.61 Å². The van der Waals surface area contributed by atoms with Crippen LogP contribution in [0.5, 0.6) is 5.75 Å². The SMILES string of the molecule is C=CC(Cc1ccc(O)cc1)(NOCc1ccccc1)C(=O)OC. The number of rotatable bonds is 8. The van der Waals surface area contributed by atoms with Crippen LogP contribution in [0.3, 0.4) is 0 Å². The molecule has 126 valence electrons. The molecule has 24 heavy (non-hydrogen) atoms. The van der Waals surface area contributed by atoms with Crippen LogP contribution in [0, 0.1) is 0 Å². The second-order valence-corrected chi connectivity index (χ2v) is 5.39. The van der Waals surface area contributed by atoms with Crippen molar-refractivity contribution in [1.82, 2.24) is 5.48 Å². The summed E-state index contributed by atoms with van der Waals surface area (Å²) in [6, 6.07) is 16.2. The van der Waals surface area contributed by atoms with E-state index in [4.69, 9.17) is 9.57 Å². The van der Waals surface area contributed by atoms with Crippen molar-refractivity contribution < 1.29 is 19.5 Å². The summed E-state index contributed by atoms with van der Waals surface area (Å²) in [5.74, 6) is -0.340. The highest BCUT2D eigenvalue weighted by Crippen LogP contribution is 2.19. The largest absolute Gasteiger partial charge is 0.508 e. The van der Waals surface area contributed by atoms with Crippen molar-refractivity contribution in [3.63, 3.8) is 0 Å². The number of hydrogen-bond donors (Lipinski definition) is 2. The molecule has 0 saturated heterocycles. The molecular weight excluding hydrogens is 306 g/mol. The fourth-order valence-electron chi connectivity index (χ4n) is 2.29. The highest BCUT2D eigenvalue weighted by Gasteiger charge is 2.37. The van der Waals surface area contributed by atoms with Gasteiger partial charge in [-0.3, -0.25) is 4.84 Å². The highest BCUT2D eigenvalue weighted by atomic mass is 16.7. The van der Waals surface area contributed by atoms with Crippen LogP contribution >= 0.6 is 0 Å². The summed E-state index contributed by atoms with van der Waals surface area (Å²) in [5, 5.41) is 9.38. The Kier molecular flexibility index (Phi) is 6.12. The lowest BCUT2D eigenvalue weighted by Gasteiger charge is -2.28. The number of methoxy groups -OCH3 is 1. The van der Waals surface area contributed by atoms with E-state index in [1.54, 1.807) is 24.3 Å². The van der Waals surface area contributed by atoms with Gasteiger partial charge in [-0.2, -0.15) is 5.48 Å². The van der Waals surface area contributed by atoms with Crippen molar-refractivity contribution >= 4 is 5.97 Å². The van der Waals surface area contributed by atoms with Gasteiger partial charge < -0.3 is 9.84 Å². The maximum atomic E-state index is 12.3. The number of hydroxylamine groups is 1. The summed E-state index contributed by atoms with van der Waals surface area (Å²) in [4.78, 5) is 17.8. The quantitative estimate of drug-likeness (QED) is 0.443. The summed E-state index contributed by atoms with van der Waals surface area (Å²) in [7, 11) is 1.32. The fourth-order valence-corrected chi connectivity index (χ4v) is 2.29. The number of aromatic hydroxyl groups is 1. The number of ether oxygens (including phenoxy) is 1. The maximum Gasteiger partial charge on any atom is 0.332 e. The lowest BCUT2D eigenvalue weighted by Crippen LogP contribution is -2.52. The zero-order valence-electron chi connectivity index (χ0n) is 13.6. The van der Waals surface area contributed by atoms with Crippen molar-refractivity contribution in [2.75, 3.05) is 7.11 Å². The molecule has 0 aliphatic heterocycles. The number of hydrogen-bond acceptors (Lipinski definition) is 5. The van der Waals surface area contributed by atoms with Gasteiger partial charge in [-0.05, 0) is 23.3 Å². The zero-order chi connectivity index (χ0) is 17.4. The van der Waals surface area contributed by atoms with Gasteiger partial charge in [0.05, 0.1) is 13.7 Å². The Morgan fingerprint density at radius 2 is 1.83 bits per heavy atom. The van der Waals surface area contributed by atoms with Gasteiger partial charge in [0.1, 0.15) is 5.75 Å². The van der Waals surface area contributed by atoms with Crippen molar-refractivity contribution in [2.24, 2.45) is 0 Å². The van der Waals surface area contributed by atoms with Gasteiger partial charge in [0.2, 0.25) is 0 Å². The Morgan fingerprint density at radius 3 is 2.42 bits per heavy atom. The minimum absolute atomic E-state index is 0.161. The Hall–Kier alpha value is -2.63. The van der Waals surface area contributed by atoms with E-state index >= 15 is 0 Å². The van der Waals surface area contributed by atoms with Gasteiger partial charge in [0, 0.05) is 6.42 Å². The molecule has 0 aliphatic carbocycles. The lowest BCUT2D eigenvalue weighted by molar-refractivity contribution is -0.153. The van der Waals surface area contributed by atoms with E-state index < -0.39 is 11.5 Å². The molecule has 2 N–H and O–H groups in total. The minimum atomic E-state index is -1.22. The van der Waals surface area contributed by atoms with Gasteiger partial charge in [-0.25, -0.2) is 4.79 Å². The predicted octanol–water partition coefficient (Wildman–Crippen LogP) is 2.75. The number of nitrogens with one attached hydrogen (secondary N) is 1. The standard InChI is InChI=1S/C19H21NO4/c1-3-19(18(22)23-2,13-15-9-11-17(21)12-10-15)20-24-14-16-7-5-4-6-8-16/h3-12,20-21H,1,13-14H2,2H3.